The molecule has 0 amide bonds. The summed E-state index contributed by atoms with van der Waals surface area (Å²) in [5.41, 5.74) is 1.47. The Bertz CT molecular complexity index is 1130. The molecule has 0 aliphatic rings. The molecule has 0 N–H and O–H groups in total. The molecule has 0 aliphatic carbocycles. The number of aromatic nitrogens is 2. The molecule has 26 heavy (non-hydrogen) atoms. The molecule has 0 unspecified atom stereocenters. The van der Waals surface area contributed by atoms with Crippen molar-refractivity contribution in [1.29, 1.82) is 0 Å². The van der Waals surface area contributed by atoms with Gasteiger partial charge in [0.1, 0.15) is 5.82 Å². The molecule has 0 saturated heterocycles. The van der Waals surface area contributed by atoms with Crippen molar-refractivity contribution >= 4 is 22.2 Å². The van der Waals surface area contributed by atoms with E-state index in [-0.39, 0.29) is 11.4 Å². The Labute approximate surface area is 154 Å². The topological polar surface area (TPSA) is 34.9 Å². The SMILES string of the molecule is CCc1ccc(-c2nc3ccccc3c(=O)n2Cc2ccc(F)cc2)s1. The number of hydrogen-bond donors (Lipinski definition) is 0. The van der Waals surface area contributed by atoms with Crippen LogP contribution < -0.4 is 5.56 Å². The van der Waals surface area contributed by atoms with Crippen LogP contribution >= 0.6 is 11.3 Å². The fourth-order valence-electron chi connectivity index (χ4n) is 2.96. The second kappa shape index (κ2) is 6.84. The van der Waals surface area contributed by atoms with Crippen LogP contribution in [0, 0.1) is 5.82 Å². The molecule has 0 fully saturated rings. The summed E-state index contributed by atoms with van der Waals surface area (Å²) in [5.74, 6) is 0.367. The molecule has 3 nitrogen and oxygen atoms in total. The monoisotopic (exact) mass is 364 g/mol. The maximum atomic E-state index is 13.2. The highest BCUT2D eigenvalue weighted by Gasteiger charge is 2.14. The summed E-state index contributed by atoms with van der Waals surface area (Å²) in [6.45, 7) is 2.46. The van der Waals surface area contributed by atoms with Crippen LogP contribution in [-0.4, -0.2) is 9.55 Å². The van der Waals surface area contributed by atoms with Gasteiger partial charge in [-0.2, -0.15) is 0 Å². The van der Waals surface area contributed by atoms with Gasteiger partial charge in [0.2, 0.25) is 0 Å². The third-order valence-electron chi connectivity index (χ3n) is 4.35. The van der Waals surface area contributed by atoms with Gasteiger partial charge in [-0.3, -0.25) is 9.36 Å². The number of halogens is 1. The van der Waals surface area contributed by atoms with Crippen molar-refractivity contribution in [2.75, 3.05) is 0 Å². The zero-order valence-electron chi connectivity index (χ0n) is 14.3. The normalized spacial score (nSPS) is 11.2. The number of nitrogens with zero attached hydrogens (tertiary/aromatic N) is 2. The molecule has 2 aromatic heterocycles. The van der Waals surface area contributed by atoms with Gasteiger partial charge in [0, 0.05) is 4.88 Å². The Hall–Kier alpha value is -2.79. The lowest BCUT2D eigenvalue weighted by molar-refractivity contribution is 0.626. The van der Waals surface area contributed by atoms with Crippen LogP contribution in [0.5, 0.6) is 0 Å². The van der Waals surface area contributed by atoms with Gasteiger partial charge in [0.25, 0.3) is 5.56 Å². The van der Waals surface area contributed by atoms with Crippen LogP contribution in [0.4, 0.5) is 4.39 Å². The van der Waals surface area contributed by atoms with E-state index in [1.54, 1.807) is 34.1 Å². The van der Waals surface area contributed by atoms with E-state index in [0.717, 1.165) is 16.9 Å². The van der Waals surface area contributed by atoms with Gasteiger partial charge in [0.05, 0.1) is 22.3 Å². The van der Waals surface area contributed by atoms with E-state index in [1.165, 1.54) is 17.0 Å². The third-order valence-corrected chi connectivity index (χ3v) is 5.57. The zero-order chi connectivity index (χ0) is 18.1. The van der Waals surface area contributed by atoms with Crippen molar-refractivity contribution in [2.24, 2.45) is 0 Å². The first-order valence-electron chi connectivity index (χ1n) is 8.49. The van der Waals surface area contributed by atoms with Crippen molar-refractivity contribution in [3.63, 3.8) is 0 Å². The molecule has 2 heterocycles. The van der Waals surface area contributed by atoms with Crippen molar-refractivity contribution in [2.45, 2.75) is 19.9 Å². The molecular formula is C21H17FN2OS. The Morgan fingerprint density at radius 2 is 1.81 bits per heavy atom. The molecule has 2 aromatic carbocycles. The summed E-state index contributed by atoms with van der Waals surface area (Å²) in [5, 5.41) is 0.589. The highest BCUT2D eigenvalue weighted by Crippen LogP contribution is 2.28. The van der Waals surface area contributed by atoms with Gasteiger partial charge in [0.15, 0.2) is 5.82 Å². The lowest BCUT2D eigenvalue weighted by atomic mass is 10.2. The maximum Gasteiger partial charge on any atom is 0.261 e. The van der Waals surface area contributed by atoms with Crippen LogP contribution in [-0.2, 0) is 13.0 Å². The van der Waals surface area contributed by atoms with E-state index in [2.05, 4.69) is 13.0 Å². The van der Waals surface area contributed by atoms with E-state index in [1.807, 2.05) is 24.3 Å². The molecule has 0 bridgehead atoms. The summed E-state index contributed by atoms with van der Waals surface area (Å²) in [6.07, 6.45) is 0.945. The molecule has 130 valence electrons. The summed E-state index contributed by atoms with van der Waals surface area (Å²) in [7, 11) is 0. The van der Waals surface area contributed by atoms with Gasteiger partial charge in [-0.25, -0.2) is 9.37 Å². The second-order valence-electron chi connectivity index (χ2n) is 6.09. The number of benzene rings is 2. The lowest BCUT2D eigenvalue weighted by Gasteiger charge is -2.13. The minimum atomic E-state index is -0.288. The summed E-state index contributed by atoms with van der Waals surface area (Å²) in [4.78, 5) is 20.1. The third kappa shape index (κ3) is 3.06. The van der Waals surface area contributed by atoms with Crippen molar-refractivity contribution < 1.29 is 4.39 Å². The van der Waals surface area contributed by atoms with E-state index in [0.29, 0.717) is 23.3 Å². The number of fused-ring (bicyclic) bond motifs is 1. The Kier molecular flexibility index (Phi) is 4.39. The maximum absolute atomic E-state index is 13.2. The second-order valence-corrected chi connectivity index (χ2v) is 7.26. The van der Waals surface area contributed by atoms with Crippen molar-refractivity contribution in [3.8, 4) is 10.7 Å². The minimum absolute atomic E-state index is 0.0821. The van der Waals surface area contributed by atoms with Crippen LogP contribution in [0.1, 0.15) is 17.4 Å². The molecule has 4 aromatic rings. The summed E-state index contributed by atoms with van der Waals surface area (Å²) in [6, 6.07) is 17.7. The minimum Gasteiger partial charge on any atom is -0.287 e. The molecule has 0 saturated carbocycles. The zero-order valence-corrected chi connectivity index (χ0v) is 15.1. The average Bonchev–Trinajstić information content (AvgIpc) is 3.14. The number of rotatable bonds is 4. The molecule has 4 rings (SSSR count). The van der Waals surface area contributed by atoms with E-state index in [9.17, 15) is 9.18 Å². The van der Waals surface area contributed by atoms with Crippen molar-refractivity contribution in [1.82, 2.24) is 9.55 Å². The highest BCUT2D eigenvalue weighted by molar-refractivity contribution is 7.15. The number of hydrogen-bond acceptors (Lipinski definition) is 3. The number of thiophene rings is 1. The fraction of sp³-hybridized carbons (Fsp3) is 0.143. The standard InChI is InChI=1S/C21H17FN2OS/c1-2-16-11-12-19(26-16)20-23-18-6-4-3-5-17(18)21(25)24(20)13-14-7-9-15(22)10-8-14/h3-12H,2,13H2,1H3. The molecule has 0 spiro atoms. The Morgan fingerprint density at radius 1 is 1.04 bits per heavy atom. The van der Waals surface area contributed by atoms with E-state index < -0.39 is 0 Å². The van der Waals surface area contributed by atoms with Gasteiger partial charge < -0.3 is 0 Å². The first-order valence-corrected chi connectivity index (χ1v) is 9.30. The van der Waals surface area contributed by atoms with Crippen LogP contribution in [0.3, 0.4) is 0 Å². The van der Waals surface area contributed by atoms with E-state index in [4.69, 9.17) is 4.98 Å². The molecule has 0 radical (unpaired) electrons. The van der Waals surface area contributed by atoms with Gasteiger partial charge >= 0.3 is 0 Å². The molecule has 0 aliphatic heterocycles. The number of para-hydroxylation sites is 1. The quantitative estimate of drug-likeness (QED) is 0.517. The Morgan fingerprint density at radius 3 is 2.54 bits per heavy atom. The largest absolute Gasteiger partial charge is 0.287 e. The van der Waals surface area contributed by atoms with Crippen LogP contribution in [0.15, 0.2) is 65.5 Å². The summed E-state index contributed by atoms with van der Waals surface area (Å²) >= 11 is 1.65. The van der Waals surface area contributed by atoms with Gasteiger partial charge in [-0.05, 0) is 48.4 Å². The van der Waals surface area contributed by atoms with Crippen molar-refractivity contribution in [3.05, 3.63) is 87.3 Å². The lowest BCUT2D eigenvalue weighted by Crippen LogP contribution is -2.23. The van der Waals surface area contributed by atoms with Crippen LogP contribution in [0.2, 0.25) is 0 Å². The molecule has 0 atom stereocenters. The van der Waals surface area contributed by atoms with E-state index >= 15 is 0 Å². The highest BCUT2D eigenvalue weighted by atomic mass is 32.1. The first-order chi connectivity index (χ1) is 12.7. The van der Waals surface area contributed by atoms with Gasteiger partial charge in [-0.15, -0.1) is 11.3 Å². The fourth-order valence-corrected chi connectivity index (χ4v) is 3.91. The molecule has 5 heteroatoms. The predicted molar refractivity (Wildman–Crippen MR) is 104 cm³/mol. The van der Waals surface area contributed by atoms with Gasteiger partial charge in [-0.1, -0.05) is 31.2 Å². The van der Waals surface area contributed by atoms with Crippen LogP contribution in [0.25, 0.3) is 21.6 Å². The first kappa shape index (κ1) is 16.7. The average molecular weight is 364 g/mol. The number of aryl methyl sites for hydroxylation is 1. The Balaban J connectivity index is 1.92. The predicted octanol–water partition coefficient (Wildman–Crippen LogP) is 4.87. The molecular weight excluding hydrogens is 347 g/mol. The summed E-state index contributed by atoms with van der Waals surface area (Å²) < 4.78 is 14.9. The smallest absolute Gasteiger partial charge is 0.261 e.